The topological polar surface area (TPSA) is 108 Å². The van der Waals surface area contributed by atoms with Crippen LogP contribution in [0.25, 0.3) is 11.2 Å². The summed E-state index contributed by atoms with van der Waals surface area (Å²) in [6.45, 7) is 0. The Morgan fingerprint density at radius 3 is 2.76 bits per heavy atom. The van der Waals surface area contributed by atoms with E-state index in [-0.39, 0.29) is 0 Å². The number of aromatic amines is 1. The molecule has 0 saturated heterocycles. The first kappa shape index (κ1) is 13.5. The molecule has 0 radical (unpaired) electrons. The molecule has 0 unspecified atom stereocenters. The lowest BCUT2D eigenvalue weighted by molar-refractivity contribution is 0.868. The summed E-state index contributed by atoms with van der Waals surface area (Å²) in [5.74, 6) is 1.08. The molecule has 0 spiro atoms. The standard InChI is InChI=1S/C11H13N9S/c1-12-9-17-10(20(2)3)19-11(18-9)21-8-6-7(14-4-13-6)15-5-16-8/h4-5H,1-3H3,(H,12,17,18,19)(H,13,14,15,16). The van der Waals surface area contributed by atoms with Crippen molar-refractivity contribution in [3.8, 4) is 0 Å². The Morgan fingerprint density at radius 2 is 2.00 bits per heavy atom. The number of nitrogens with zero attached hydrogens (tertiary/aromatic N) is 7. The van der Waals surface area contributed by atoms with Crippen LogP contribution in [0.15, 0.2) is 22.8 Å². The van der Waals surface area contributed by atoms with Gasteiger partial charge in [0.1, 0.15) is 16.9 Å². The summed E-state index contributed by atoms with van der Waals surface area (Å²) in [4.78, 5) is 30.3. The lowest BCUT2D eigenvalue weighted by Crippen LogP contribution is -2.15. The molecule has 108 valence electrons. The van der Waals surface area contributed by atoms with Crippen molar-refractivity contribution in [1.29, 1.82) is 0 Å². The monoisotopic (exact) mass is 303 g/mol. The van der Waals surface area contributed by atoms with Crippen LogP contribution in [0.1, 0.15) is 0 Å². The van der Waals surface area contributed by atoms with Gasteiger partial charge >= 0.3 is 0 Å². The molecule has 0 aliphatic rings. The number of hydrogen-bond donors (Lipinski definition) is 2. The molecule has 0 amide bonds. The van der Waals surface area contributed by atoms with Gasteiger partial charge in [0.2, 0.25) is 17.1 Å². The van der Waals surface area contributed by atoms with Gasteiger partial charge in [0.25, 0.3) is 0 Å². The zero-order valence-corrected chi connectivity index (χ0v) is 12.5. The van der Waals surface area contributed by atoms with Gasteiger partial charge in [-0.15, -0.1) is 0 Å². The van der Waals surface area contributed by atoms with Gasteiger partial charge in [-0.05, 0) is 11.8 Å². The smallest absolute Gasteiger partial charge is 0.230 e. The summed E-state index contributed by atoms with van der Waals surface area (Å²) in [5.41, 5.74) is 1.38. The number of rotatable bonds is 4. The van der Waals surface area contributed by atoms with Crippen LogP contribution in [-0.4, -0.2) is 56.0 Å². The number of hydrogen-bond acceptors (Lipinski definition) is 9. The number of nitrogens with one attached hydrogen (secondary N) is 2. The van der Waals surface area contributed by atoms with Crippen LogP contribution in [-0.2, 0) is 0 Å². The fraction of sp³-hybridized carbons (Fsp3) is 0.273. The average molecular weight is 303 g/mol. The maximum absolute atomic E-state index is 4.40. The number of H-pyrrole nitrogens is 1. The molecule has 21 heavy (non-hydrogen) atoms. The van der Waals surface area contributed by atoms with E-state index >= 15 is 0 Å². The van der Waals surface area contributed by atoms with E-state index in [1.807, 2.05) is 19.0 Å². The molecule has 3 aromatic heterocycles. The van der Waals surface area contributed by atoms with Gasteiger partial charge in [-0.3, -0.25) is 0 Å². The summed E-state index contributed by atoms with van der Waals surface area (Å²) >= 11 is 1.33. The first-order valence-corrected chi connectivity index (χ1v) is 6.92. The summed E-state index contributed by atoms with van der Waals surface area (Å²) in [5, 5.41) is 4.19. The second-order valence-electron chi connectivity index (χ2n) is 4.27. The minimum Gasteiger partial charge on any atom is -0.357 e. The van der Waals surface area contributed by atoms with E-state index in [2.05, 4.69) is 40.2 Å². The van der Waals surface area contributed by atoms with Crippen LogP contribution in [0, 0.1) is 0 Å². The molecule has 3 heterocycles. The number of anilines is 2. The Hall–Kier alpha value is -2.49. The SMILES string of the molecule is CNc1nc(Sc2ncnc3nc[nH]c23)nc(N(C)C)n1. The molecule has 0 saturated carbocycles. The van der Waals surface area contributed by atoms with E-state index in [0.29, 0.717) is 22.7 Å². The predicted molar refractivity (Wildman–Crippen MR) is 79.5 cm³/mol. The molecule has 0 fully saturated rings. The summed E-state index contributed by atoms with van der Waals surface area (Å²) in [7, 11) is 5.52. The van der Waals surface area contributed by atoms with Crippen molar-refractivity contribution in [1.82, 2.24) is 34.9 Å². The van der Waals surface area contributed by atoms with Crippen LogP contribution in [0.5, 0.6) is 0 Å². The Balaban J connectivity index is 2.01. The van der Waals surface area contributed by atoms with Crippen molar-refractivity contribution in [2.24, 2.45) is 0 Å². The third-order valence-electron chi connectivity index (χ3n) is 2.60. The second kappa shape index (κ2) is 5.48. The lowest BCUT2D eigenvalue weighted by Gasteiger charge is -2.12. The Morgan fingerprint density at radius 1 is 1.14 bits per heavy atom. The van der Waals surface area contributed by atoms with E-state index in [0.717, 1.165) is 10.5 Å². The third kappa shape index (κ3) is 2.70. The molecule has 0 atom stereocenters. The van der Waals surface area contributed by atoms with Crippen molar-refractivity contribution in [2.45, 2.75) is 10.2 Å². The lowest BCUT2D eigenvalue weighted by atomic mass is 10.6. The number of aromatic nitrogens is 7. The van der Waals surface area contributed by atoms with Gasteiger partial charge < -0.3 is 15.2 Å². The third-order valence-corrected chi connectivity index (χ3v) is 3.47. The Bertz CT molecular complexity index is 769. The number of fused-ring (bicyclic) bond motifs is 1. The molecule has 9 nitrogen and oxygen atoms in total. The zero-order valence-electron chi connectivity index (χ0n) is 11.7. The van der Waals surface area contributed by atoms with Gasteiger partial charge in [-0.25, -0.2) is 15.0 Å². The zero-order chi connectivity index (χ0) is 14.8. The van der Waals surface area contributed by atoms with Crippen molar-refractivity contribution in [2.75, 3.05) is 31.4 Å². The molecule has 10 heteroatoms. The van der Waals surface area contributed by atoms with Crippen LogP contribution in [0.4, 0.5) is 11.9 Å². The van der Waals surface area contributed by atoms with Crippen LogP contribution in [0.2, 0.25) is 0 Å². The van der Waals surface area contributed by atoms with Crippen molar-refractivity contribution >= 4 is 34.8 Å². The molecule has 0 aliphatic heterocycles. The van der Waals surface area contributed by atoms with Crippen molar-refractivity contribution < 1.29 is 0 Å². The van der Waals surface area contributed by atoms with Crippen LogP contribution in [0.3, 0.4) is 0 Å². The van der Waals surface area contributed by atoms with E-state index in [4.69, 9.17) is 0 Å². The normalized spacial score (nSPS) is 10.8. The quantitative estimate of drug-likeness (QED) is 0.676. The summed E-state index contributed by atoms with van der Waals surface area (Å²) in [6, 6.07) is 0. The molecule has 0 aromatic carbocycles. The highest BCUT2D eigenvalue weighted by atomic mass is 32.2. The minimum absolute atomic E-state index is 0.506. The first-order valence-electron chi connectivity index (χ1n) is 6.10. The largest absolute Gasteiger partial charge is 0.357 e. The molecule has 3 aromatic rings. The van der Waals surface area contributed by atoms with Crippen LogP contribution >= 0.6 is 11.8 Å². The fourth-order valence-electron chi connectivity index (χ4n) is 1.61. The van der Waals surface area contributed by atoms with Gasteiger partial charge in [0, 0.05) is 21.1 Å². The van der Waals surface area contributed by atoms with Gasteiger partial charge in [-0.1, -0.05) is 0 Å². The maximum Gasteiger partial charge on any atom is 0.230 e. The van der Waals surface area contributed by atoms with Gasteiger partial charge in [0.05, 0.1) is 6.33 Å². The second-order valence-corrected chi connectivity index (χ2v) is 5.22. The highest BCUT2D eigenvalue weighted by molar-refractivity contribution is 7.99. The molecule has 0 bridgehead atoms. The van der Waals surface area contributed by atoms with E-state index in [1.165, 1.54) is 18.1 Å². The van der Waals surface area contributed by atoms with Crippen molar-refractivity contribution in [3.05, 3.63) is 12.7 Å². The highest BCUT2D eigenvalue weighted by Crippen LogP contribution is 2.28. The van der Waals surface area contributed by atoms with E-state index in [9.17, 15) is 0 Å². The van der Waals surface area contributed by atoms with Gasteiger partial charge in [0.15, 0.2) is 5.65 Å². The molecule has 3 rings (SSSR count). The van der Waals surface area contributed by atoms with E-state index in [1.54, 1.807) is 13.4 Å². The van der Waals surface area contributed by atoms with E-state index < -0.39 is 0 Å². The van der Waals surface area contributed by atoms with Crippen LogP contribution < -0.4 is 10.2 Å². The molecular formula is C11H13N9S. The van der Waals surface area contributed by atoms with Crippen molar-refractivity contribution in [3.63, 3.8) is 0 Å². The maximum atomic E-state index is 4.40. The average Bonchev–Trinajstić information content (AvgIpc) is 2.96. The Kier molecular flexibility index (Phi) is 3.52. The molecule has 2 N–H and O–H groups in total. The molecular weight excluding hydrogens is 290 g/mol. The van der Waals surface area contributed by atoms with Gasteiger partial charge in [-0.2, -0.15) is 15.0 Å². The fourth-order valence-corrected chi connectivity index (χ4v) is 2.39. The predicted octanol–water partition coefficient (Wildman–Crippen LogP) is 0.797. The Labute approximate surface area is 124 Å². The number of imidazole rings is 1. The minimum atomic E-state index is 0.506. The highest BCUT2D eigenvalue weighted by Gasteiger charge is 2.12. The molecule has 0 aliphatic carbocycles. The summed E-state index contributed by atoms with van der Waals surface area (Å²) < 4.78 is 0. The first-order chi connectivity index (χ1) is 10.2. The summed E-state index contributed by atoms with van der Waals surface area (Å²) in [6.07, 6.45) is 3.06.